The molecule has 0 saturated carbocycles. The molecule has 0 aromatic heterocycles. The monoisotopic (exact) mass is 483 g/mol. The van der Waals surface area contributed by atoms with Crippen LogP contribution in [0.5, 0.6) is 0 Å². The minimum Gasteiger partial charge on any atom is -0.481 e. The first-order chi connectivity index (χ1) is 9.75. The lowest BCUT2D eigenvalue weighted by molar-refractivity contribution is -0.151. The van der Waals surface area contributed by atoms with Crippen molar-refractivity contribution < 1.29 is 14.7 Å². The molecule has 116 valence electrons. The van der Waals surface area contributed by atoms with Gasteiger partial charge in [-0.15, -0.1) is 0 Å². The number of carboxylic acids is 1. The zero-order valence-corrected chi connectivity index (χ0v) is 16.4. The van der Waals surface area contributed by atoms with Crippen LogP contribution in [0.4, 0.5) is 5.69 Å². The minimum absolute atomic E-state index is 0.0513. The highest BCUT2D eigenvalue weighted by atomic mass is 79.9. The Hall–Kier alpha value is -0.400. The Labute approximate surface area is 149 Å². The lowest BCUT2D eigenvalue weighted by Crippen LogP contribution is -2.34. The number of carbonyl (C=O) groups is 2. The Balaban J connectivity index is 2.95. The van der Waals surface area contributed by atoms with Gasteiger partial charge in [-0.1, -0.05) is 29.8 Å². The van der Waals surface area contributed by atoms with Gasteiger partial charge in [-0.25, -0.2) is 0 Å². The van der Waals surface area contributed by atoms with E-state index in [1.165, 1.54) is 0 Å². The average molecular weight is 486 g/mol. The maximum atomic E-state index is 12.2. The summed E-state index contributed by atoms with van der Waals surface area (Å²) >= 11 is 10.1. The van der Waals surface area contributed by atoms with E-state index in [2.05, 4.69) is 53.1 Å². The molecule has 1 amide bonds. The molecule has 0 aliphatic carbocycles. The molecule has 0 fully saturated rings. The first-order valence-electron chi connectivity index (χ1n) is 6.43. The van der Waals surface area contributed by atoms with Gasteiger partial charge in [0.2, 0.25) is 5.91 Å². The summed E-state index contributed by atoms with van der Waals surface area (Å²) in [7, 11) is 0. The summed E-state index contributed by atoms with van der Waals surface area (Å²) < 4.78 is 2.29. The van der Waals surface area contributed by atoms with Gasteiger partial charge in [0.1, 0.15) is 0 Å². The molecular formula is C14H16Br3NO3. The van der Waals surface area contributed by atoms with Gasteiger partial charge in [0.25, 0.3) is 0 Å². The predicted molar refractivity (Wildman–Crippen MR) is 93.4 cm³/mol. The SMILES string of the molecule is CCC(CC)(CC(=O)Nc1c(Br)cc(Br)cc1Br)C(=O)O. The van der Waals surface area contributed by atoms with Gasteiger partial charge in [-0.2, -0.15) is 0 Å². The summed E-state index contributed by atoms with van der Waals surface area (Å²) in [6.45, 7) is 3.58. The van der Waals surface area contributed by atoms with Crippen LogP contribution in [0.2, 0.25) is 0 Å². The number of carboxylic acid groups (broad SMARTS) is 1. The van der Waals surface area contributed by atoms with Gasteiger partial charge < -0.3 is 10.4 Å². The fourth-order valence-electron chi connectivity index (χ4n) is 2.03. The molecule has 0 heterocycles. The number of aliphatic carboxylic acids is 1. The van der Waals surface area contributed by atoms with E-state index in [0.717, 1.165) is 4.47 Å². The smallest absolute Gasteiger partial charge is 0.310 e. The van der Waals surface area contributed by atoms with E-state index in [-0.39, 0.29) is 12.3 Å². The molecule has 21 heavy (non-hydrogen) atoms. The fraction of sp³-hybridized carbons (Fsp3) is 0.429. The number of hydrogen-bond acceptors (Lipinski definition) is 2. The molecule has 0 radical (unpaired) electrons. The quantitative estimate of drug-likeness (QED) is 0.582. The van der Waals surface area contributed by atoms with Gasteiger partial charge in [0, 0.05) is 19.8 Å². The van der Waals surface area contributed by atoms with Crippen molar-refractivity contribution in [2.24, 2.45) is 5.41 Å². The first-order valence-corrected chi connectivity index (χ1v) is 8.81. The topological polar surface area (TPSA) is 66.4 Å². The van der Waals surface area contributed by atoms with Crippen molar-refractivity contribution in [3.63, 3.8) is 0 Å². The van der Waals surface area contributed by atoms with E-state index < -0.39 is 11.4 Å². The van der Waals surface area contributed by atoms with Crippen molar-refractivity contribution in [2.75, 3.05) is 5.32 Å². The van der Waals surface area contributed by atoms with E-state index in [4.69, 9.17) is 0 Å². The number of nitrogens with one attached hydrogen (secondary N) is 1. The van der Waals surface area contributed by atoms with Crippen LogP contribution in [-0.4, -0.2) is 17.0 Å². The molecule has 0 saturated heterocycles. The maximum Gasteiger partial charge on any atom is 0.310 e. The molecule has 0 bridgehead atoms. The molecular weight excluding hydrogens is 470 g/mol. The third-order valence-corrected chi connectivity index (χ3v) is 5.29. The van der Waals surface area contributed by atoms with Gasteiger partial charge in [0.15, 0.2) is 0 Å². The number of carbonyl (C=O) groups excluding carboxylic acids is 1. The second kappa shape index (κ2) is 7.74. The van der Waals surface area contributed by atoms with Crippen LogP contribution < -0.4 is 5.32 Å². The average Bonchev–Trinajstić information content (AvgIpc) is 2.40. The highest BCUT2D eigenvalue weighted by Crippen LogP contribution is 2.36. The van der Waals surface area contributed by atoms with E-state index in [1.807, 2.05) is 12.1 Å². The first kappa shape index (κ1) is 18.6. The highest BCUT2D eigenvalue weighted by Gasteiger charge is 2.37. The van der Waals surface area contributed by atoms with E-state index >= 15 is 0 Å². The van der Waals surface area contributed by atoms with E-state index in [9.17, 15) is 14.7 Å². The van der Waals surface area contributed by atoms with Crippen LogP contribution in [0.3, 0.4) is 0 Å². The molecule has 1 rings (SSSR count). The van der Waals surface area contributed by atoms with Crippen LogP contribution >= 0.6 is 47.8 Å². The molecule has 7 heteroatoms. The van der Waals surface area contributed by atoms with Crippen molar-refractivity contribution in [1.29, 1.82) is 0 Å². The Morgan fingerprint density at radius 3 is 2.00 bits per heavy atom. The van der Waals surface area contributed by atoms with Crippen molar-refractivity contribution in [2.45, 2.75) is 33.1 Å². The van der Waals surface area contributed by atoms with Gasteiger partial charge in [-0.3, -0.25) is 9.59 Å². The number of rotatable bonds is 6. The summed E-state index contributed by atoms with van der Waals surface area (Å²) in [4.78, 5) is 23.7. The fourth-order valence-corrected chi connectivity index (χ4v) is 4.49. The number of amides is 1. The van der Waals surface area contributed by atoms with Crippen molar-refractivity contribution in [1.82, 2.24) is 0 Å². The van der Waals surface area contributed by atoms with Crippen LogP contribution in [0, 0.1) is 5.41 Å². The summed E-state index contributed by atoms with van der Waals surface area (Å²) in [5, 5.41) is 12.1. The highest BCUT2D eigenvalue weighted by molar-refractivity contribution is 9.11. The van der Waals surface area contributed by atoms with Crippen LogP contribution in [0.15, 0.2) is 25.6 Å². The normalized spacial score (nSPS) is 11.3. The largest absolute Gasteiger partial charge is 0.481 e. The Morgan fingerprint density at radius 1 is 1.14 bits per heavy atom. The zero-order chi connectivity index (χ0) is 16.2. The molecule has 1 aromatic carbocycles. The summed E-state index contributed by atoms with van der Waals surface area (Å²) in [5.41, 5.74) is -0.423. The molecule has 0 aliphatic rings. The second-order valence-electron chi connectivity index (χ2n) is 4.76. The third-order valence-electron chi connectivity index (χ3n) is 3.58. The molecule has 4 nitrogen and oxygen atoms in total. The van der Waals surface area contributed by atoms with Crippen molar-refractivity contribution in [3.05, 3.63) is 25.6 Å². The summed E-state index contributed by atoms with van der Waals surface area (Å²) in [5.74, 6) is -1.25. The molecule has 1 aromatic rings. The zero-order valence-electron chi connectivity index (χ0n) is 11.7. The number of anilines is 1. The van der Waals surface area contributed by atoms with Crippen LogP contribution in [-0.2, 0) is 9.59 Å². The van der Waals surface area contributed by atoms with Gasteiger partial charge in [-0.05, 0) is 56.8 Å². The lowest BCUT2D eigenvalue weighted by atomic mass is 9.79. The molecule has 0 atom stereocenters. The van der Waals surface area contributed by atoms with E-state index in [0.29, 0.717) is 27.5 Å². The lowest BCUT2D eigenvalue weighted by Gasteiger charge is -2.26. The summed E-state index contributed by atoms with van der Waals surface area (Å²) in [6.07, 6.45) is 0.772. The maximum absolute atomic E-state index is 12.2. The number of hydrogen-bond donors (Lipinski definition) is 2. The van der Waals surface area contributed by atoms with Crippen molar-refractivity contribution >= 4 is 65.4 Å². The second-order valence-corrected chi connectivity index (χ2v) is 7.39. The molecule has 0 spiro atoms. The van der Waals surface area contributed by atoms with Crippen LogP contribution in [0.1, 0.15) is 33.1 Å². The molecule has 2 N–H and O–H groups in total. The van der Waals surface area contributed by atoms with Gasteiger partial charge >= 0.3 is 5.97 Å². The Morgan fingerprint density at radius 2 is 1.62 bits per heavy atom. The molecule has 0 aliphatic heterocycles. The Kier molecular flexibility index (Phi) is 6.87. The van der Waals surface area contributed by atoms with Crippen LogP contribution in [0.25, 0.3) is 0 Å². The number of halogens is 3. The number of benzene rings is 1. The summed E-state index contributed by atoms with van der Waals surface area (Å²) in [6, 6.07) is 3.62. The Bertz CT molecular complexity index is 533. The van der Waals surface area contributed by atoms with Crippen molar-refractivity contribution in [3.8, 4) is 0 Å². The standard InChI is InChI=1S/C14H16Br3NO3/c1-3-14(4-2,13(20)21)7-11(19)18-12-9(16)5-8(15)6-10(12)17/h5-6H,3-4,7H2,1-2H3,(H,18,19)(H,20,21). The minimum atomic E-state index is -1.02. The third kappa shape index (κ3) is 4.53. The van der Waals surface area contributed by atoms with Gasteiger partial charge in [0.05, 0.1) is 11.1 Å². The van der Waals surface area contributed by atoms with E-state index in [1.54, 1.807) is 13.8 Å². The molecule has 0 unspecified atom stereocenters. The predicted octanol–water partition coefficient (Wildman–Crippen LogP) is 5.19.